The van der Waals surface area contributed by atoms with Crippen LogP contribution in [0, 0.1) is 0 Å². The Kier molecular flexibility index (Phi) is 2.72. The number of hydrogen-bond donors (Lipinski definition) is 0. The van der Waals surface area contributed by atoms with Crippen molar-refractivity contribution in [2.75, 3.05) is 10.5 Å². The molecule has 76 valence electrons. The van der Waals surface area contributed by atoms with Crippen molar-refractivity contribution in [3.63, 3.8) is 0 Å². The van der Waals surface area contributed by atoms with Gasteiger partial charge in [0.2, 0.25) is 0 Å². The minimum absolute atomic E-state index is 0.0927. The van der Waals surface area contributed by atoms with E-state index in [4.69, 9.17) is 0 Å². The maximum atomic E-state index is 12.4. The molecule has 0 aliphatic carbocycles. The summed E-state index contributed by atoms with van der Waals surface area (Å²) in [6, 6.07) is 4.87. The molecule has 0 aromatic heterocycles. The largest absolute Gasteiger partial charge is 0.309 e. The van der Waals surface area contributed by atoms with E-state index in [2.05, 4.69) is 16.1 Å². The van der Waals surface area contributed by atoms with Crippen LogP contribution in [0.15, 0.2) is 18.2 Å². The molecule has 1 aromatic rings. The van der Waals surface area contributed by atoms with E-state index >= 15 is 0 Å². The van der Waals surface area contributed by atoms with Crippen LogP contribution >= 0.6 is 16.1 Å². The maximum Gasteiger partial charge on any atom is 0.263 e. The fourth-order valence-electron chi connectivity index (χ4n) is 1.68. The highest BCUT2D eigenvalue weighted by atomic mass is 79.9. The Labute approximate surface area is 90.1 Å². The predicted molar refractivity (Wildman–Crippen MR) is 56.0 cm³/mol. The molecule has 1 aromatic carbocycles. The first kappa shape index (κ1) is 9.90. The molecule has 0 N–H and O–H groups in total. The van der Waals surface area contributed by atoms with Crippen molar-refractivity contribution < 1.29 is 8.78 Å². The Bertz CT molecular complexity index is 341. The van der Waals surface area contributed by atoms with Gasteiger partial charge in [0.1, 0.15) is 0 Å². The molecule has 1 nitrogen and oxygen atoms in total. The van der Waals surface area contributed by atoms with Crippen molar-refractivity contribution in [1.29, 1.82) is 0 Å². The second kappa shape index (κ2) is 3.85. The lowest BCUT2D eigenvalue weighted by molar-refractivity contribution is 0.151. The van der Waals surface area contributed by atoms with Gasteiger partial charge in [-0.3, -0.25) is 0 Å². The molecular formula is C10H10BrF2N. The molecule has 0 amide bonds. The molecule has 1 aliphatic rings. The summed E-state index contributed by atoms with van der Waals surface area (Å²) in [4.78, 5) is 0. The van der Waals surface area contributed by atoms with E-state index in [1.807, 2.05) is 3.93 Å². The molecule has 1 heterocycles. The van der Waals surface area contributed by atoms with Crippen molar-refractivity contribution in [2.45, 2.75) is 19.3 Å². The maximum absolute atomic E-state index is 12.4. The third-order valence-electron chi connectivity index (χ3n) is 2.42. The summed E-state index contributed by atoms with van der Waals surface area (Å²) in [7, 11) is 0. The standard InChI is InChI=1S/C10H10BrF2N/c11-14-5-1-2-7-3-4-8(10(12)13)6-9(7)14/h3-4,6,10H,1-2,5H2. The quantitative estimate of drug-likeness (QED) is 0.698. The molecule has 0 unspecified atom stereocenters. The SMILES string of the molecule is FC(F)c1ccc2c(c1)N(Br)CCC2. The van der Waals surface area contributed by atoms with Gasteiger partial charge in [-0.2, -0.15) is 0 Å². The van der Waals surface area contributed by atoms with Crippen LogP contribution in [0.2, 0.25) is 0 Å². The Hall–Kier alpha value is -0.640. The number of rotatable bonds is 1. The van der Waals surface area contributed by atoms with Gasteiger partial charge in [0, 0.05) is 28.3 Å². The van der Waals surface area contributed by atoms with E-state index in [0.717, 1.165) is 30.6 Å². The molecule has 4 heteroatoms. The molecule has 0 saturated heterocycles. The lowest BCUT2D eigenvalue weighted by atomic mass is 10.0. The highest BCUT2D eigenvalue weighted by Gasteiger charge is 2.17. The first-order valence-corrected chi connectivity index (χ1v) is 5.23. The van der Waals surface area contributed by atoms with E-state index in [1.165, 1.54) is 6.07 Å². The van der Waals surface area contributed by atoms with Gasteiger partial charge in [-0.25, -0.2) is 8.78 Å². The van der Waals surface area contributed by atoms with Gasteiger partial charge < -0.3 is 3.93 Å². The zero-order valence-corrected chi connectivity index (χ0v) is 9.10. The number of fused-ring (bicyclic) bond motifs is 1. The van der Waals surface area contributed by atoms with E-state index in [9.17, 15) is 8.78 Å². The van der Waals surface area contributed by atoms with Gasteiger partial charge in [-0.05, 0) is 24.5 Å². The zero-order chi connectivity index (χ0) is 10.1. The lowest BCUT2D eigenvalue weighted by Crippen LogP contribution is -2.19. The minimum Gasteiger partial charge on any atom is -0.309 e. The number of anilines is 1. The van der Waals surface area contributed by atoms with Crippen LogP contribution in [-0.2, 0) is 6.42 Å². The molecule has 2 rings (SSSR count). The second-order valence-electron chi connectivity index (χ2n) is 3.38. The monoisotopic (exact) mass is 261 g/mol. The van der Waals surface area contributed by atoms with Crippen LogP contribution in [-0.4, -0.2) is 6.54 Å². The molecule has 0 bridgehead atoms. The number of halogens is 3. The number of benzene rings is 1. The zero-order valence-electron chi connectivity index (χ0n) is 7.51. The normalized spacial score (nSPS) is 15.9. The van der Waals surface area contributed by atoms with Crippen LogP contribution in [0.25, 0.3) is 0 Å². The molecule has 1 aliphatic heterocycles. The number of alkyl halides is 2. The van der Waals surface area contributed by atoms with Crippen molar-refractivity contribution in [1.82, 2.24) is 0 Å². The topological polar surface area (TPSA) is 3.24 Å². The van der Waals surface area contributed by atoms with Gasteiger partial charge in [0.25, 0.3) is 6.43 Å². The average Bonchev–Trinajstić information content (AvgIpc) is 2.18. The Morgan fingerprint density at radius 2 is 2.14 bits per heavy atom. The Morgan fingerprint density at radius 3 is 2.86 bits per heavy atom. The van der Waals surface area contributed by atoms with Crippen LogP contribution in [0.5, 0.6) is 0 Å². The number of aryl methyl sites for hydroxylation is 1. The minimum atomic E-state index is -2.39. The first-order valence-electron chi connectivity index (χ1n) is 4.53. The van der Waals surface area contributed by atoms with Gasteiger partial charge >= 0.3 is 0 Å². The van der Waals surface area contributed by atoms with Crippen LogP contribution in [0.4, 0.5) is 14.5 Å². The Balaban J connectivity index is 2.41. The molecule has 14 heavy (non-hydrogen) atoms. The molecule has 0 saturated carbocycles. The fraction of sp³-hybridized carbons (Fsp3) is 0.400. The second-order valence-corrected chi connectivity index (χ2v) is 4.23. The Morgan fingerprint density at radius 1 is 1.36 bits per heavy atom. The van der Waals surface area contributed by atoms with E-state index < -0.39 is 6.43 Å². The highest BCUT2D eigenvalue weighted by Crippen LogP contribution is 2.32. The average molecular weight is 262 g/mol. The summed E-state index contributed by atoms with van der Waals surface area (Å²) in [5.41, 5.74) is 2.11. The first-order chi connectivity index (χ1) is 6.68. The fourth-order valence-corrected chi connectivity index (χ4v) is 2.26. The third kappa shape index (κ3) is 1.75. The van der Waals surface area contributed by atoms with Crippen molar-refractivity contribution in [3.05, 3.63) is 29.3 Å². The number of nitrogens with zero attached hydrogens (tertiary/aromatic N) is 1. The van der Waals surface area contributed by atoms with Crippen LogP contribution in [0.3, 0.4) is 0 Å². The van der Waals surface area contributed by atoms with Gasteiger partial charge in [-0.1, -0.05) is 12.1 Å². The molecule has 0 spiro atoms. The summed E-state index contributed by atoms with van der Waals surface area (Å²) in [6.07, 6.45) is -0.351. The van der Waals surface area contributed by atoms with Crippen LogP contribution in [0.1, 0.15) is 24.0 Å². The summed E-state index contributed by atoms with van der Waals surface area (Å²) in [5.74, 6) is 0. The van der Waals surface area contributed by atoms with Crippen molar-refractivity contribution in [2.24, 2.45) is 0 Å². The van der Waals surface area contributed by atoms with Crippen LogP contribution < -0.4 is 3.93 Å². The summed E-state index contributed by atoms with van der Waals surface area (Å²) < 4.78 is 26.7. The summed E-state index contributed by atoms with van der Waals surface area (Å²) in [6.45, 7) is 0.875. The predicted octanol–water partition coefficient (Wildman–Crippen LogP) is 3.69. The van der Waals surface area contributed by atoms with E-state index in [-0.39, 0.29) is 5.56 Å². The molecule has 0 atom stereocenters. The van der Waals surface area contributed by atoms with Gasteiger partial charge in [0.05, 0.1) is 5.69 Å². The summed E-state index contributed by atoms with van der Waals surface area (Å²) in [5, 5.41) is 0. The molecule has 0 radical (unpaired) electrons. The van der Waals surface area contributed by atoms with Gasteiger partial charge in [0.15, 0.2) is 0 Å². The van der Waals surface area contributed by atoms with Crippen molar-refractivity contribution >= 4 is 21.8 Å². The van der Waals surface area contributed by atoms with Gasteiger partial charge in [-0.15, -0.1) is 0 Å². The third-order valence-corrected chi connectivity index (χ3v) is 3.16. The number of hydrogen-bond acceptors (Lipinski definition) is 1. The summed E-state index contributed by atoms with van der Waals surface area (Å²) >= 11 is 3.36. The van der Waals surface area contributed by atoms with Crippen molar-refractivity contribution in [3.8, 4) is 0 Å². The van der Waals surface area contributed by atoms with E-state index in [1.54, 1.807) is 12.1 Å². The molecule has 0 fully saturated rings. The van der Waals surface area contributed by atoms with E-state index in [0.29, 0.717) is 0 Å². The molecular weight excluding hydrogens is 252 g/mol. The lowest BCUT2D eigenvalue weighted by Gasteiger charge is -2.25. The highest BCUT2D eigenvalue weighted by molar-refractivity contribution is 9.10. The smallest absolute Gasteiger partial charge is 0.263 e.